The lowest BCUT2D eigenvalue weighted by Gasteiger charge is -1.82. The maximum absolute atomic E-state index is 8.88. The smallest absolute Gasteiger partial charge is 0.379 e. The number of phosphoric acid groups is 1. The normalized spacial score (nSPS) is 6.79. The average molecular weight is 239 g/mol. The highest BCUT2D eigenvalue weighted by atomic mass is 31.2. The Bertz CT molecular complexity index is 136. The van der Waals surface area contributed by atoms with Crippen molar-refractivity contribution in [1.82, 2.24) is 0 Å². The first-order valence-corrected chi connectivity index (χ1v) is 3.50. The zero-order chi connectivity index (χ0) is 12.6. The van der Waals surface area contributed by atoms with E-state index in [2.05, 4.69) is 0 Å². The van der Waals surface area contributed by atoms with Gasteiger partial charge in [-0.05, 0) is 0 Å². The summed E-state index contributed by atoms with van der Waals surface area (Å²) in [5.74, 6) is 0. The molecule has 6 N–H and O–H groups in total. The molecule has 86 valence electrons. The molecule has 0 spiro atoms. The lowest BCUT2D eigenvalue weighted by molar-refractivity contribution is 0.275. The van der Waals surface area contributed by atoms with Crippen molar-refractivity contribution < 1.29 is 34.9 Å². The van der Waals surface area contributed by atoms with E-state index in [1.165, 1.54) is 16.0 Å². The molecule has 0 atom stereocenters. The Morgan fingerprint density at radius 2 is 0.714 bits per heavy atom. The molecule has 0 heterocycles. The summed E-state index contributed by atoms with van der Waals surface area (Å²) < 4.78 is 8.88. The Hall–Kier alpha value is -1.69. The molecule has 0 aliphatic carbocycles. The molecule has 0 radical (unpaired) electrons. The molecule has 0 saturated carbocycles. The lowest BCUT2D eigenvalue weighted by atomic mass is 13.4. The van der Waals surface area contributed by atoms with Gasteiger partial charge in [0.05, 0.1) is 0 Å². The predicted octanol–water partition coefficient (Wildman–Crippen LogP) is -0.503. The van der Waals surface area contributed by atoms with Gasteiger partial charge in [0.2, 0.25) is 0 Å². The van der Waals surface area contributed by atoms with E-state index < -0.39 is 7.82 Å². The van der Waals surface area contributed by atoms with Crippen LogP contribution in [0.5, 0.6) is 0 Å². The van der Waals surface area contributed by atoms with Crippen molar-refractivity contribution in [3.05, 3.63) is 14.7 Å². The van der Waals surface area contributed by atoms with Gasteiger partial charge in [-0.3, -0.25) is 0 Å². The molecule has 14 heavy (non-hydrogen) atoms. The maximum Gasteiger partial charge on any atom is 0.466 e. The third kappa shape index (κ3) is 313. The molecule has 0 aliphatic heterocycles. The topological polar surface area (TPSA) is 227 Å². The minimum Gasteiger partial charge on any atom is -0.379 e. The quantitative estimate of drug-likeness (QED) is 0.180. The van der Waals surface area contributed by atoms with Gasteiger partial charge in [0.25, 0.3) is 0 Å². The van der Waals surface area contributed by atoms with E-state index in [-0.39, 0.29) is 0 Å². The molecule has 0 rings (SSSR count). The third-order valence-corrected chi connectivity index (χ3v) is 0. The van der Waals surface area contributed by atoms with Gasteiger partial charge < -0.3 is 30.3 Å². The molecular weight excluding hydrogens is 233 g/mol. The highest BCUT2D eigenvalue weighted by molar-refractivity contribution is 7.45. The van der Waals surface area contributed by atoms with Crippen LogP contribution in [0.15, 0.2) is 16.0 Å². The second-order valence-corrected chi connectivity index (χ2v) is 1.78. The minimum atomic E-state index is -4.64. The average Bonchev–Trinajstić information content (AvgIpc) is 1.86. The molecular formula is H6N3O10P. The summed E-state index contributed by atoms with van der Waals surface area (Å²) in [4.78, 5) is 45.9. The Balaban J connectivity index is -0.0000000495. The van der Waals surface area contributed by atoms with Gasteiger partial charge in [-0.1, -0.05) is 0 Å². The first kappa shape index (κ1) is 22.8. The van der Waals surface area contributed by atoms with E-state index in [0.717, 1.165) is 0 Å². The van der Waals surface area contributed by atoms with Crippen LogP contribution in [0.2, 0.25) is 0 Å². The highest BCUT2D eigenvalue weighted by Crippen LogP contribution is 2.25. The van der Waals surface area contributed by atoms with E-state index in [4.69, 9.17) is 49.6 Å². The Labute approximate surface area is 74.7 Å². The van der Waals surface area contributed by atoms with E-state index in [1.54, 1.807) is 0 Å². The minimum absolute atomic E-state index is 1.25. The summed E-state index contributed by atoms with van der Waals surface area (Å²) in [6, 6.07) is 0. The zero-order valence-corrected chi connectivity index (χ0v) is 7.00. The molecule has 14 heteroatoms. The summed E-state index contributed by atoms with van der Waals surface area (Å²) >= 11 is 0. The molecule has 0 saturated heterocycles. The molecule has 0 bridgehead atoms. The van der Waals surface area contributed by atoms with Gasteiger partial charge in [-0.25, -0.2) is 4.57 Å². The van der Waals surface area contributed by atoms with Crippen molar-refractivity contribution in [2.75, 3.05) is 0 Å². The second kappa shape index (κ2) is 22.5. The third-order valence-electron chi connectivity index (χ3n) is 0. The molecule has 0 aromatic carbocycles. The van der Waals surface area contributed by atoms with Crippen molar-refractivity contribution in [3.8, 4) is 0 Å². The molecule has 0 amide bonds. The predicted molar refractivity (Wildman–Crippen MR) is 37.0 cm³/mol. The van der Waals surface area contributed by atoms with Gasteiger partial charge in [-0.15, -0.1) is 14.7 Å². The number of nitrogens with zero attached hydrogens (tertiary/aromatic N) is 3. The molecule has 13 nitrogen and oxygen atoms in total. The molecule has 0 aliphatic rings. The van der Waals surface area contributed by atoms with E-state index in [0.29, 0.717) is 0 Å². The molecule has 0 fully saturated rings. The highest BCUT2D eigenvalue weighted by Gasteiger charge is 2.00. The van der Waals surface area contributed by atoms with Gasteiger partial charge in [0.15, 0.2) is 16.0 Å². The van der Waals surface area contributed by atoms with Crippen LogP contribution in [0, 0.1) is 14.7 Å². The fourth-order valence-electron chi connectivity index (χ4n) is 0. The first-order chi connectivity index (χ1) is 6.24. The van der Waals surface area contributed by atoms with E-state index in [1.807, 2.05) is 0 Å². The number of rotatable bonds is 0. The lowest BCUT2D eigenvalue weighted by Crippen LogP contribution is -1.66. The van der Waals surface area contributed by atoms with E-state index >= 15 is 0 Å². The van der Waals surface area contributed by atoms with Crippen LogP contribution in [0.4, 0.5) is 0 Å². The van der Waals surface area contributed by atoms with Crippen LogP contribution in [0.1, 0.15) is 0 Å². The fourth-order valence-corrected chi connectivity index (χ4v) is 0. The van der Waals surface area contributed by atoms with Crippen LogP contribution in [0.3, 0.4) is 0 Å². The summed E-state index contributed by atoms with van der Waals surface area (Å²) in [6.07, 6.45) is 0. The summed E-state index contributed by atoms with van der Waals surface area (Å²) in [7, 11) is -4.64. The van der Waals surface area contributed by atoms with Gasteiger partial charge in [0, 0.05) is 0 Å². The van der Waals surface area contributed by atoms with Crippen LogP contribution in [0.25, 0.3) is 0 Å². The van der Waals surface area contributed by atoms with Crippen LogP contribution < -0.4 is 0 Å². The van der Waals surface area contributed by atoms with Crippen LogP contribution in [-0.2, 0) is 4.57 Å². The molecule has 0 aromatic rings. The Morgan fingerprint density at radius 1 is 0.714 bits per heavy atom. The molecule has 0 unspecified atom stereocenters. The van der Waals surface area contributed by atoms with E-state index in [9.17, 15) is 0 Å². The fraction of sp³-hybridized carbons (Fsp3) is 0. The standard InChI is InChI=1S/3HNO2.H3O4P/c3*2-1-3;1-5(2,3)4/h3*(H,2,3);(H3,1,2,3,4). The van der Waals surface area contributed by atoms with Crippen LogP contribution in [-0.4, -0.2) is 30.3 Å². The second-order valence-electron chi connectivity index (χ2n) is 0.758. The van der Waals surface area contributed by atoms with Crippen LogP contribution >= 0.6 is 7.82 Å². The van der Waals surface area contributed by atoms with Crippen molar-refractivity contribution >= 4 is 7.82 Å². The van der Waals surface area contributed by atoms with Gasteiger partial charge >= 0.3 is 7.82 Å². The monoisotopic (exact) mass is 239 g/mol. The van der Waals surface area contributed by atoms with Gasteiger partial charge in [-0.2, -0.15) is 0 Å². The van der Waals surface area contributed by atoms with Crippen molar-refractivity contribution in [2.24, 2.45) is 16.0 Å². The number of hydrogen-bond donors (Lipinski definition) is 6. The maximum atomic E-state index is 8.88. The Morgan fingerprint density at radius 3 is 0.714 bits per heavy atom. The largest absolute Gasteiger partial charge is 0.466 e. The molecule has 0 aromatic heterocycles. The first-order valence-electron chi connectivity index (χ1n) is 1.93. The Kier molecular flexibility index (Phi) is 36.6. The van der Waals surface area contributed by atoms with Crippen molar-refractivity contribution in [1.29, 1.82) is 0 Å². The summed E-state index contributed by atoms with van der Waals surface area (Å²) in [5.41, 5.74) is 0. The van der Waals surface area contributed by atoms with Crippen molar-refractivity contribution in [3.63, 3.8) is 0 Å². The van der Waals surface area contributed by atoms with Gasteiger partial charge in [0.1, 0.15) is 0 Å². The SMILES string of the molecule is O=NO.O=NO.O=NO.O=P(O)(O)O. The zero-order valence-electron chi connectivity index (χ0n) is 6.11. The summed E-state index contributed by atoms with van der Waals surface area (Å²) in [5, 5.41) is 23.7. The summed E-state index contributed by atoms with van der Waals surface area (Å²) in [6.45, 7) is 0. The van der Waals surface area contributed by atoms with Crippen molar-refractivity contribution in [2.45, 2.75) is 0 Å². The number of hydrogen-bond acceptors (Lipinski definition) is 7.